The van der Waals surface area contributed by atoms with Crippen LogP contribution in [0.3, 0.4) is 0 Å². The molecule has 1 saturated carbocycles. The summed E-state index contributed by atoms with van der Waals surface area (Å²) < 4.78 is 1.61. The van der Waals surface area contributed by atoms with Crippen LogP contribution < -0.4 is 5.32 Å². The summed E-state index contributed by atoms with van der Waals surface area (Å²) in [5.74, 6) is -0.921. The summed E-state index contributed by atoms with van der Waals surface area (Å²) in [5.41, 5.74) is 0.997. The van der Waals surface area contributed by atoms with Crippen molar-refractivity contribution >= 4 is 5.97 Å². The van der Waals surface area contributed by atoms with Crippen molar-refractivity contribution in [3.8, 4) is 0 Å². The van der Waals surface area contributed by atoms with E-state index < -0.39 is 5.97 Å². The SMILES string of the molecule is CN(CCNCc1c(C(=O)O)cnn1C)C1CC1. The van der Waals surface area contributed by atoms with Gasteiger partial charge in [0.1, 0.15) is 5.56 Å². The highest BCUT2D eigenvalue weighted by atomic mass is 16.4. The molecule has 0 spiro atoms. The van der Waals surface area contributed by atoms with E-state index >= 15 is 0 Å². The van der Waals surface area contributed by atoms with Gasteiger partial charge in [-0.15, -0.1) is 0 Å². The zero-order valence-corrected chi connectivity index (χ0v) is 10.9. The fourth-order valence-electron chi connectivity index (χ4n) is 2.01. The monoisotopic (exact) mass is 252 g/mol. The normalized spacial score (nSPS) is 15.3. The zero-order valence-electron chi connectivity index (χ0n) is 10.9. The molecule has 0 aliphatic heterocycles. The molecule has 1 aliphatic carbocycles. The molecular formula is C12H20N4O2. The Morgan fingerprint density at radius 1 is 1.67 bits per heavy atom. The Labute approximate surface area is 107 Å². The molecule has 1 aromatic heterocycles. The summed E-state index contributed by atoms with van der Waals surface area (Å²) in [4.78, 5) is 13.3. The summed E-state index contributed by atoms with van der Waals surface area (Å²) >= 11 is 0. The third kappa shape index (κ3) is 3.08. The van der Waals surface area contributed by atoms with Crippen molar-refractivity contribution in [3.05, 3.63) is 17.5 Å². The van der Waals surface area contributed by atoms with Crippen LogP contribution >= 0.6 is 0 Å². The van der Waals surface area contributed by atoms with Gasteiger partial charge in [-0.3, -0.25) is 4.68 Å². The molecule has 0 bridgehead atoms. The first-order valence-corrected chi connectivity index (χ1v) is 6.24. The first kappa shape index (κ1) is 13.0. The Hall–Kier alpha value is -1.40. The molecule has 2 rings (SSSR count). The van der Waals surface area contributed by atoms with Crippen LogP contribution in [-0.2, 0) is 13.6 Å². The van der Waals surface area contributed by atoms with Crippen molar-refractivity contribution in [1.29, 1.82) is 0 Å². The van der Waals surface area contributed by atoms with Gasteiger partial charge in [-0.2, -0.15) is 5.10 Å². The molecule has 1 fully saturated rings. The minimum absolute atomic E-state index is 0.278. The first-order chi connectivity index (χ1) is 8.59. The number of likely N-dealkylation sites (N-methyl/N-ethyl adjacent to an activating group) is 1. The van der Waals surface area contributed by atoms with E-state index in [4.69, 9.17) is 5.11 Å². The number of nitrogens with zero attached hydrogens (tertiary/aromatic N) is 3. The summed E-state index contributed by atoms with van der Waals surface area (Å²) in [6.07, 6.45) is 4.01. The number of hydrogen-bond donors (Lipinski definition) is 2. The van der Waals surface area contributed by atoms with Gasteiger partial charge in [0.25, 0.3) is 0 Å². The van der Waals surface area contributed by atoms with Gasteiger partial charge in [0.2, 0.25) is 0 Å². The van der Waals surface area contributed by atoms with E-state index in [0.717, 1.165) is 24.8 Å². The molecule has 1 aliphatic rings. The van der Waals surface area contributed by atoms with E-state index in [9.17, 15) is 4.79 Å². The number of aromatic nitrogens is 2. The molecule has 0 amide bonds. The molecule has 6 heteroatoms. The quantitative estimate of drug-likeness (QED) is 0.683. The van der Waals surface area contributed by atoms with Gasteiger partial charge < -0.3 is 15.3 Å². The molecule has 100 valence electrons. The fraction of sp³-hybridized carbons (Fsp3) is 0.667. The lowest BCUT2D eigenvalue weighted by Crippen LogP contribution is -2.31. The molecule has 1 heterocycles. The fourth-order valence-corrected chi connectivity index (χ4v) is 2.01. The van der Waals surface area contributed by atoms with E-state index in [2.05, 4.69) is 22.4 Å². The van der Waals surface area contributed by atoms with Gasteiger partial charge in [-0.25, -0.2) is 4.79 Å². The molecule has 6 nitrogen and oxygen atoms in total. The number of carboxylic acid groups (broad SMARTS) is 1. The van der Waals surface area contributed by atoms with Crippen LogP contribution in [0.25, 0.3) is 0 Å². The lowest BCUT2D eigenvalue weighted by Gasteiger charge is -2.15. The summed E-state index contributed by atoms with van der Waals surface area (Å²) in [6.45, 7) is 2.39. The largest absolute Gasteiger partial charge is 0.478 e. The van der Waals surface area contributed by atoms with Crippen LogP contribution in [0.15, 0.2) is 6.20 Å². The standard InChI is InChI=1S/C12H20N4O2/c1-15(9-3-4-9)6-5-13-8-11-10(12(17)18)7-14-16(11)2/h7,9,13H,3-6,8H2,1-2H3,(H,17,18). The van der Waals surface area contributed by atoms with E-state index in [1.54, 1.807) is 11.7 Å². The van der Waals surface area contributed by atoms with Crippen molar-refractivity contribution in [2.24, 2.45) is 7.05 Å². The number of rotatable bonds is 7. The third-order valence-corrected chi connectivity index (χ3v) is 3.40. The van der Waals surface area contributed by atoms with Gasteiger partial charge in [0.15, 0.2) is 0 Å². The number of carboxylic acids is 1. The zero-order chi connectivity index (χ0) is 13.1. The maximum absolute atomic E-state index is 11.0. The van der Waals surface area contributed by atoms with E-state index in [1.165, 1.54) is 19.0 Å². The van der Waals surface area contributed by atoms with Crippen LogP contribution in [-0.4, -0.2) is 51.9 Å². The Bertz CT molecular complexity index is 426. The number of carbonyl (C=O) groups is 1. The molecule has 2 N–H and O–H groups in total. The second-order valence-corrected chi connectivity index (χ2v) is 4.82. The predicted octanol–water partition coefficient (Wildman–Crippen LogP) is 0.302. The average Bonchev–Trinajstić information content (AvgIpc) is 3.10. The maximum Gasteiger partial charge on any atom is 0.339 e. The van der Waals surface area contributed by atoms with Crippen molar-refractivity contribution in [2.45, 2.75) is 25.4 Å². The van der Waals surface area contributed by atoms with Crippen molar-refractivity contribution < 1.29 is 9.90 Å². The van der Waals surface area contributed by atoms with Crippen LogP contribution in [0, 0.1) is 0 Å². The van der Waals surface area contributed by atoms with Crippen LogP contribution in [0.1, 0.15) is 28.9 Å². The first-order valence-electron chi connectivity index (χ1n) is 6.24. The van der Waals surface area contributed by atoms with Crippen LogP contribution in [0.2, 0.25) is 0 Å². The van der Waals surface area contributed by atoms with Crippen LogP contribution in [0.5, 0.6) is 0 Å². The number of hydrogen-bond acceptors (Lipinski definition) is 4. The molecular weight excluding hydrogens is 232 g/mol. The highest BCUT2D eigenvalue weighted by Crippen LogP contribution is 2.24. The molecule has 0 saturated heterocycles. The number of aryl methyl sites for hydroxylation is 1. The number of nitrogens with one attached hydrogen (secondary N) is 1. The van der Waals surface area contributed by atoms with E-state index in [0.29, 0.717) is 6.54 Å². The predicted molar refractivity (Wildman–Crippen MR) is 67.5 cm³/mol. The second-order valence-electron chi connectivity index (χ2n) is 4.82. The highest BCUT2D eigenvalue weighted by molar-refractivity contribution is 5.88. The molecule has 1 aromatic rings. The van der Waals surface area contributed by atoms with Gasteiger partial charge in [0.05, 0.1) is 11.9 Å². The molecule has 0 unspecified atom stereocenters. The van der Waals surface area contributed by atoms with Crippen LogP contribution in [0.4, 0.5) is 0 Å². The van der Waals surface area contributed by atoms with Crippen molar-refractivity contribution in [1.82, 2.24) is 20.0 Å². The minimum atomic E-state index is -0.921. The molecule has 0 atom stereocenters. The van der Waals surface area contributed by atoms with Crippen molar-refractivity contribution in [2.75, 3.05) is 20.1 Å². The topological polar surface area (TPSA) is 70.4 Å². The van der Waals surface area contributed by atoms with E-state index in [1.807, 2.05) is 0 Å². The molecule has 0 radical (unpaired) electrons. The minimum Gasteiger partial charge on any atom is -0.478 e. The molecule has 0 aromatic carbocycles. The smallest absolute Gasteiger partial charge is 0.339 e. The average molecular weight is 252 g/mol. The van der Waals surface area contributed by atoms with Gasteiger partial charge in [-0.1, -0.05) is 0 Å². The lowest BCUT2D eigenvalue weighted by atomic mass is 10.2. The lowest BCUT2D eigenvalue weighted by molar-refractivity contribution is 0.0695. The Morgan fingerprint density at radius 3 is 3.00 bits per heavy atom. The summed E-state index contributed by atoms with van der Waals surface area (Å²) in [5, 5.41) is 16.3. The second kappa shape index (κ2) is 5.49. The van der Waals surface area contributed by atoms with Gasteiger partial charge >= 0.3 is 5.97 Å². The van der Waals surface area contributed by atoms with Gasteiger partial charge in [0, 0.05) is 32.7 Å². The van der Waals surface area contributed by atoms with Crippen molar-refractivity contribution in [3.63, 3.8) is 0 Å². The van der Waals surface area contributed by atoms with Gasteiger partial charge in [-0.05, 0) is 19.9 Å². The Balaban J connectivity index is 1.78. The Morgan fingerprint density at radius 2 is 2.39 bits per heavy atom. The maximum atomic E-state index is 11.0. The molecule has 18 heavy (non-hydrogen) atoms. The number of aromatic carboxylic acids is 1. The third-order valence-electron chi connectivity index (χ3n) is 3.40. The Kier molecular flexibility index (Phi) is 3.98. The van der Waals surface area contributed by atoms with E-state index in [-0.39, 0.29) is 5.56 Å². The highest BCUT2D eigenvalue weighted by Gasteiger charge is 2.25. The summed E-state index contributed by atoms with van der Waals surface area (Å²) in [6, 6.07) is 0.762. The summed E-state index contributed by atoms with van der Waals surface area (Å²) in [7, 11) is 3.89.